The van der Waals surface area contributed by atoms with Gasteiger partial charge in [-0.2, -0.15) is 0 Å². The van der Waals surface area contributed by atoms with Gasteiger partial charge in [-0.15, -0.1) is 0 Å². The molecule has 0 radical (unpaired) electrons. The summed E-state index contributed by atoms with van der Waals surface area (Å²) in [6.07, 6.45) is 10.4. The first-order valence-corrected chi connectivity index (χ1v) is 11.5. The lowest BCUT2D eigenvalue weighted by Gasteiger charge is -2.24. The predicted octanol–water partition coefficient (Wildman–Crippen LogP) is 3.77. The highest BCUT2D eigenvalue weighted by Crippen LogP contribution is 2.41. The number of nitrogens with zero attached hydrogens (tertiary/aromatic N) is 8. The average Bonchev–Trinajstić information content (AvgIpc) is 3.47. The summed E-state index contributed by atoms with van der Waals surface area (Å²) in [6, 6.07) is 0.756. The van der Waals surface area contributed by atoms with Crippen LogP contribution in [-0.4, -0.2) is 45.1 Å². The quantitative estimate of drug-likeness (QED) is 0.495. The minimum Gasteiger partial charge on any atom is -0.365 e. The molecule has 0 aromatic carbocycles. The lowest BCUT2D eigenvalue weighted by atomic mass is 9.95. The fraction of sp³-hybridized carbons (Fsp3) is 0.455. The van der Waals surface area contributed by atoms with Crippen LogP contribution in [0.2, 0.25) is 5.28 Å². The summed E-state index contributed by atoms with van der Waals surface area (Å²) >= 11 is 6.45. The largest absolute Gasteiger partial charge is 0.365 e. The highest BCUT2D eigenvalue weighted by molar-refractivity contribution is 6.28. The van der Waals surface area contributed by atoms with Gasteiger partial charge in [0.1, 0.15) is 18.0 Å². The first-order valence-electron chi connectivity index (χ1n) is 11.1. The molecule has 0 aliphatic heterocycles. The molecular weight excluding hydrogens is 426 g/mol. The molecule has 4 aromatic rings. The van der Waals surface area contributed by atoms with Crippen LogP contribution in [0.15, 0.2) is 18.7 Å². The van der Waals surface area contributed by atoms with Gasteiger partial charge in [0.25, 0.3) is 0 Å². The zero-order valence-corrected chi connectivity index (χ0v) is 18.8. The molecule has 1 unspecified atom stereocenters. The number of hydrogen-bond donors (Lipinski definition) is 1. The second-order valence-electron chi connectivity index (χ2n) is 8.55. The van der Waals surface area contributed by atoms with Gasteiger partial charge in [-0.05, 0) is 51.1 Å². The Hall–Kier alpha value is -3.07. The van der Waals surface area contributed by atoms with Crippen LogP contribution in [0.5, 0.6) is 0 Å². The Labute approximate surface area is 190 Å². The van der Waals surface area contributed by atoms with Crippen molar-refractivity contribution in [3.8, 4) is 11.4 Å². The van der Waals surface area contributed by atoms with E-state index in [0.29, 0.717) is 11.3 Å². The third-order valence-electron chi connectivity index (χ3n) is 6.36. The predicted molar refractivity (Wildman–Crippen MR) is 122 cm³/mol. The minimum absolute atomic E-state index is 0.240. The molecule has 0 amide bonds. The molecule has 1 fully saturated rings. The van der Waals surface area contributed by atoms with Gasteiger partial charge in [0.05, 0.1) is 11.3 Å². The van der Waals surface area contributed by atoms with E-state index in [1.807, 2.05) is 19.3 Å². The van der Waals surface area contributed by atoms with Crippen LogP contribution in [0, 0.1) is 6.92 Å². The number of rotatable bonds is 5. The van der Waals surface area contributed by atoms with Crippen LogP contribution in [0.1, 0.15) is 49.4 Å². The van der Waals surface area contributed by atoms with E-state index in [1.54, 1.807) is 6.33 Å². The van der Waals surface area contributed by atoms with E-state index >= 15 is 0 Å². The molecule has 1 N–H and O–H groups in total. The molecule has 0 spiro atoms. The fourth-order valence-corrected chi connectivity index (χ4v) is 4.98. The molecule has 9 nitrogen and oxygen atoms in total. The number of aromatic nitrogens is 8. The molecule has 4 aromatic heterocycles. The molecule has 2 aliphatic carbocycles. The number of fused-ring (bicyclic) bond motifs is 2. The van der Waals surface area contributed by atoms with Crippen LogP contribution in [0.25, 0.3) is 22.6 Å². The highest BCUT2D eigenvalue weighted by Gasteiger charge is 2.33. The fourth-order valence-electron chi connectivity index (χ4n) is 4.63. The molecular formula is C22H24ClN9. The number of hydrogen-bond acceptors (Lipinski definition) is 7. The van der Waals surface area contributed by atoms with E-state index in [-0.39, 0.29) is 6.04 Å². The van der Waals surface area contributed by atoms with E-state index in [4.69, 9.17) is 16.6 Å². The SMILES string of the molecule is CCn1c(-c2cnc(C)nc2)nc2c(NC3CCc4nc(Cl)n(C5CC5)c4C3)ncnc21. The van der Waals surface area contributed by atoms with E-state index in [0.717, 1.165) is 65.7 Å². The highest BCUT2D eigenvalue weighted by atomic mass is 35.5. The topological polar surface area (TPSA) is 99.2 Å². The molecule has 0 bridgehead atoms. The van der Waals surface area contributed by atoms with Crippen molar-refractivity contribution < 1.29 is 0 Å². The molecule has 1 atom stereocenters. The van der Waals surface area contributed by atoms with E-state index < -0.39 is 0 Å². The van der Waals surface area contributed by atoms with Crippen molar-refractivity contribution in [2.75, 3.05) is 5.32 Å². The number of imidazole rings is 2. The van der Waals surface area contributed by atoms with Gasteiger partial charge >= 0.3 is 0 Å². The summed E-state index contributed by atoms with van der Waals surface area (Å²) in [5.74, 6) is 2.29. The van der Waals surface area contributed by atoms with Crippen LogP contribution in [0.4, 0.5) is 5.82 Å². The van der Waals surface area contributed by atoms with Gasteiger partial charge in [-0.3, -0.25) is 0 Å². The van der Waals surface area contributed by atoms with Crippen LogP contribution >= 0.6 is 11.6 Å². The number of halogens is 1. The molecule has 10 heteroatoms. The van der Waals surface area contributed by atoms with Gasteiger partial charge in [-0.1, -0.05) is 0 Å². The monoisotopic (exact) mass is 449 g/mol. The summed E-state index contributed by atoms with van der Waals surface area (Å²) in [5, 5.41) is 4.28. The average molecular weight is 450 g/mol. The van der Waals surface area contributed by atoms with Gasteiger partial charge in [0.15, 0.2) is 17.0 Å². The standard InChI is InChI=1S/C22H24ClN9/c1-3-31-20(13-9-24-12(2)25-10-13)30-18-19(26-11-27-21(18)31)28-14-4-7-16-17(8-14)32(15-5-6-15)22(23)29-16/h9-11,14-15H,3-8H2,1-2H3,(H,26,27,28). The molecule has 6 rings (SSSR count). The van der Waals surface area contributed by atoms with Gasteiger partial charge in [0, 0.05) is 43.1 Å². The molecule has 4 heterocycles. The number of nitrogens with one attached hydrogen (secondary N) is 1. The zero-order valence-electron chi connectivity index (χ0n) is 18.1. The summed E-state index contributed by atoms with van der Waals surface area (Å²) in [4.78, 5) is 27.3. The zero-order chi connectivity index (χ0) is 21.8. The van der Waals surface area contributed by atoms with Crippen molar-refractivity contribution in [1.29, 1.82) is 0 Å². The van der Waals surface area contributed by atoms with Crippen LogP contribution in [-0.2, 0) is 19.4 Å². The Morgan fingerprint density at radius 1 is 1.09 bits per heavy atom. The lowest BCUT2D eigenvalue weighted by Crippen LogP contribution is -2.29. The molecule has 164 valence electrons. The maximum Gasteiger partial charge on any atom is 0.203 e. The number of aryl methyl sites for hydroxylation is 3. The Bertz CT molecular complexity index is 1300. The normalized spacial score (nSPS) is 18.2. The second-order valence-corrected chi connectivity index (χ2v) is 8.89. The van der Waals surface area contributed by atoms with E-state index in [9.17, 15) is 0 Å². The second kappa shape index (κ2) is 7.51. The third kappa shape index (κ3) is 3.23. The van der Waals surface area contributed by atoms with Crippen molar-refractivity contribution in [3.05, 3.63) is 41.2 Å². The van der Waals surface area contributed by atoms with Crippen LogP contribution in [0.3, 0.4) is 0 Å². The van der Waals surface area contributed by atoms with Gasteiger partial charge < -0.3 is 14.5 Å². The Balaban J connectivity index is 1.34. The van der Waals surface area contributed by atoms with Crippen molar-refractivity contribution in [2.24, 2.45) is 0 Å². The van der Waals surface area contributed by atoms with Crippen molar-refractivity contribution in [1.82, 2.24) is 39.0 Å². The molecule has 32 heavy (non-hydrogen) atoms. The van der Waals surface area contributed by atoms with E-state index in [2.05, 4.69) is 46.3 Å². The maximum atomic E-state index is 6.45. The lowest BCUT2D eigenvalue weighted by molar-refractivity contribution is 0.565. The number of anilines is 1. The molecule has 2 aliphatic rings. The van der Waals surface area contributed by atoms with Crippen molar-refractivity contribution in [3.63, 3.8) is 0 Å². The van der Waals surface area contributed by atoms with Crippen molar-refractivity contribution >= 4 is 28.6 Å². The first-order chi connectivity index (χ1) is 15.6. The summed E-state index contributed by atoms with van der Waals surface area (Å²) in [5.41, 5.74) is 4.85. The van der Waals surface area contributed by atoms with Crippen molar-refractivity contribution in [2.45, 2.75) is 64.6 Å². The Morgan fingerprint density at radius 2 is 1.91 bits per heavy atom. The van der Waals surface area contributed by atoms with E-state index in [1.165, 1.54) is 18.5 Å². The smallest absolute Gasteiger partial charge is 0.203 e. The molecule has 0 saturated heterocycles. The van der Waals surface area contributed by atoms with Gasteiger partial charge in [0.2, 0.25) is 5.28 Å². The summed E-state index contributed by atoms with van der Waals surface area (Å²) in [7, 11) is 0. The minimum atomic E-state index is 0.240. The van der Waals surface area contributed by atoms with Crippen LogP contribution < -0.4 is 5.32 Å². The Kier molecular flexibility index (Phi) is 4.60. The first kappa shape index (κ1) is 19.6. The molecule has 1 saturated carbocycles. The summed E-state index contributed by atoms with van der Waals surface area (Å²) in [6.45, 7) is 4.69. The third-order valence-corrected chi connectivity index (χ3v) is 6.63. The maximum absolute atomic E-state index is 6.45. The Morgan fingerprint density at radius 3 is 2.66 bits per heavy atom. The summed E-state index contributed by atoms with van der Waals surface area (Å²) < 4.78 is 4.32. The van der Waals surface area contributed by atoms with Gasteiger partial charge in [-0.25, -0.2) is 29.9 Å².